The maximum absolute atomic E-state index is 4.16. The Morgan fingerprint density at radius 2 is 2.27 bits per heavy atom. The number of nitrogens with zero attached hydrogens (tertiary/aromatic N) is 1. The molecule has 1 aromatic heterocycles. The molecule has 0 aromatic carbocycles. The lowest BCUT2D eigenvalue weighted by Crippen LogP contribution is -1.72. The van der Waals surface area contributed by atoms with E-state index in [2.05, 4.69) is 11.9 Å². The van der Waals surface area contributed by atoms with Gasteiger partial charge in [-0.25, -0.2) is 4.98 Å². The molecule has 1 rings (SSSR count). The largest absolute Gasteiger partial charge is 0.344 e. The fourth-order valence-corrected chi connectivity index (χ4v) is 2.00. The quantitative estimate of drug-likeness (QED) is 0.741. The monoisotopic (exact) mass is 188 g/mol. The van der Waals surface area contributed by atoms with E-state index in [1.165, 1.54) is 0 Å². The van der Waals surface area contributed by atoms with Crippen LogP contribution in [0.4, 0.5) is 0 Å². The Kier molecular flexibility index (Phi) is 6.40. The Morgan fingerprint density at radius 3 is 2.82 bits per heavy atom. The SMILES string of the molecule is CCSSc1ccccn1.N. The third-order valence-electron chi connectivity index (χ3n) is 0.900. The predicted octanol–water partition coefficient (Wildman–Crippen LogP) is 3.00. The highest BCUT2D eigenvalue weighted by Gasteiger charge is 1.90. The van der Waals surface area contributed by atoms with Crippen LogP contribution in [0.2, 0.25) is 0 Å². The molecule has 2 nitrogen and oxygen atoms in total. The Morgan fingerprint density at radius 1 is 1.45 bits per heavy atom. The topological polar surface area (TPSA) is 47.9 Å². The van der Waals surface area contributed by atoms with E-state index in [1.54, 1.807) is 10.8 Å². The molecule has 4 heteroatoms. The van der Waals surface area contributed by atoms with E-state index < -0.39 is 0 Å². The first kappa shape index (κ1) is 10.8. The number of pyridine rings is 1. The first-order valence-corrected chi connectivity index (χ1v) is 5.46. The van der Waals surface area contributed by atoms with Crippen LogP contribution >= 0.6 is 21.6 Å². The Bertz CT molecular complexity index is 179. The summed E-state index contributed by atoms with van der Waals surface area (Å²) in [5, 5.41) is 1.09. The third kappa shape index (κ3) is 4.29. The van der Waals surface area contributed by atoms with Crippen molar-refractivity contribution in [3.63, 3.8) is 0 Å². The van der Waals surface area contributed by atoms with Crippen LogP contribution in [0.3, 0.4) is 0 Å². The second-order valence-corrected chi connectivity index (χ2v) is 4.26. The van der Waals surface area contributed by atoms with E-state index >= 15 is 0 Å². The molecule has 0 amide bonds. The molecule has 0 atom stereocenters. The fraction of sp³-hybridized carbons (Fsp3) is 0.286. The summed E-state index contributed by atoms with van der Waals surface area (Å²) in [7, 11) is 3.54. The van der Waals surface area contributed by atoms with E-state index in [4.69, 9.17) is 0 Å². The summed E-state index contributed by atoms with van der Waals surface area (Å²) in [6.45, 7) is 2.14. The molecule has 11 heavy (non-hydrogen) atoms. The van der Waals surface area contributed by atoms with Crippen molar-refractivity contribution >= 4 is 21.6 Å². The Labute approximate surface area is 75.2 Å². The normalized spacial score (nSPS) is 8.82. The number of hydrogen-bond donors (Lipinski definition) is 1. The molecule has 3 N–H and O–H groups in total. The van der Waals surface area contributed by atoms with Crippen LogP contribution in [-0.4, -0.2) is 10.7 Å². The second-order valence-electron chi connectivity index (χ2n) is 1.66. The minimum atomic E-state index is 0. The van der Waals surface area contributed by atoms with Crippen molar-refractivity contribution in [2.24, 2.45) is 0 Å². The van der Waals surface area contributed by atoms with Gasteiger partial charge in [-0.15, -0.1) is 0 Å². The van der Waals surface area contributed by atoms with Gasteiger partial charge in [-0.1, -0.05) is 23.8 Å². The molecule has 0 aliphatic heterocycles. The zero-order valence-electron chi connectivity index (χ0n) is 6.49. The molecule has 0 saturated carbocycles. The van der Waals surface area contributed by atoms with Crippen LogP contribution < -0.4 is 6.15 Å². The van der Waals surface area contributed by atoms with Crippen LogP contribution in [0.15, 0.2) is 29.4 Å². The molecule has 0 aliphatic rings. The second kappa shape index (κ2) is 6.52. The first-order chi connectivity index (χ1) is 4.93. The van der Waals surface area contributed by atoms with Gasteiger partial charge in [-0.3, -0.25) is 0 Å². The summed E-state index contributed by atoms with van der Waals surface area (Å²) in [5.74, 6) is 1.13. The molecule has 0 fully saturated rings. The van der Waals surface area contributed by atoms with Crippen molar-refractivity contribution in [3.8, 4) is 0 Å². The predicted molar refractivity (Wildman–Crippen MR) is 53.2 cm³/mol. The summed E-state index contributed by atoms with van der Waals surface area (Å²) in [5.41, 5.74) is 0. The lowest BCUT2D eigenvalue weighted by atomic mass is 10.5. The van der Waals surface area contributed by atoms with Gasteiger partial charge in [0, 0.05) is 11.9 Å². The van der Waals surface area contributed by atoms with E-state index in [9.17, 15) is 0 Å². The third-order valence-corrected chi connectivity index (χ3v) is 3.24. The van der Waals surface area contributed by atoms with Crippen LogP contribution in [0.1, 0.15) is 6.92 Å². The van der Waals surface area contributed by atoms with Crippen LogP contribution in [0.5, 0.6) is 0 Å². The molecule has 0 unspecified atom stereocenters. The maximum Gasteiger partial charge on any atom is 0.106 e. The standard InChI is InChI=1S/C7H9NS2.H3N/c1-2-9-10-7-5-3-4-6-8-7;/h3-6H,2H2,1H3;1H3. The smallest absolute Gasteiger partial charge is 0.106 e. The lowest BCUT2D eigenvalue weighted by Gasteiger charge is -1.94. The lowest BCUT2D eigenvalue weighted by molar-refractivity contribution is 1.14. The summed E-state index contributed by atoms with van der Waals surface area (Å²) in [6.07, 6.45) is 1.82. The van der Waals surface area contributed by atoms with Gasteiger partial charge in [0.15, 0.2) is 0 Å². The summed E-state index contributed by atoms with van der Waals surface area (Å²) < 4.78 is 0. The van der Waals surface area contributed by atoms with Crippen LogP contribution in [-0.2, 0) is 0 Å². The molecule has 0 aliphatic carbocycles. The van der Waals surface area contributed by atoms with E-state index in [-0.39, 0.29) is 6.15 Å². The molecule has 0 spiro atoms. The van der Waals surface area contributed by atoms with Gasteiger partial charge in [0.25, 0.3) is 0 Å². The molecule has 1 aromatic rings. The molecule has 0 bridgehead atoms. The van der Waals surface area contributed by atoms with Gasteiger partial charge in [-0.05, 0) is 22.9 Å². The number of hydrogen-bond acceptors (Lipinski definition) is 4. The fourth-order valence-electron chi connectivity index (χ4n) is 0.516. The van der Waals surface area contributed by atoms with Gasteiger partial charge >= 0.3 is 0 Å². The zero-order valence-corrected chi connectivity index (χ0v) is 8.12. The van der Waals surface area contributed by atoms with Crippen LogP contribution in [0, 0.1) is 0 Å². The molecule has 0 radical (unpaired) electrons. The van der Waals surface area contributed by atoms with Crippen molar-refractivity contribution < 1.29 is 0 Å². The molecule has 0 saturated heterocycles. The highest BCUT2D eigenvalue weighted by molar-refractivity contribution is 8.76. The van der Waals surface area contributed by atoms with Gasteiger partial charge in [0.2, 0.25) is 0 Å². The molecule has 1 heterocycles. The number of rotatable bonds is 3. The Balaban J connectivity index is 0.000001000. The number of aromatic nitrogens is 1. The highest BCUT2D eigenvalue weighted by Crippen LogP contribution is 2.27. The van der Waals surface area contributed by atoms with Gasteiger partial charge in [-0.2, -0.15) is 0 Å². The van der Waals surface area contributed by atoms with Crippen molar-refractivity contribution in [1.82, 2.24) is 11.1 Å². The highest BCUT2D eigenvalue weighted by atomic mass is 33.1. The summed E-state index contributed by atoms with van der Waals surface area (Å²) >= 11 is 0. The van der Waals surface area contributed by atoms with E-state index in [0.717, 1.165) is 10.8 Å². The Hall–Kier alpha value is -0.190. The molecular weight excluding hydrogens is 176 g/mol. The average molecular weight is 188 g/mol. The van der Waals surface area contributed by atoms with E-state index in [1.807, 2.05) is 35.2 Å². The van der Waals surface area contributed by atoms with Crippen molar-refractivity contribution in [2.45, 2.75) is 11.9 Å². The molecule has 62 valence electrons. The van der Waals surface area contributed by atoms with Crippen molar-refractivity contribution in [2.75, 3.05) is 5.75 Å². The van der Waals surface area contributed by atoms with Crippen molar-refractivity contribution in [3.05, 3.63) is 24.4 Å². The zero-order chi connectivity index (χ0) is 7.23. The van der Waals surface area contributed by atoms with Gasteiger partial charge in [0.05, 0.1) is 0 Å². The minimum Gasteiger partial charge on any atom is -0.344 e. The molecular formula is C7H12N2S2. The maximum atomic E-state index is 4.16. The van der Waals surface area contributed by atoms with Gasteiger partial charge < -0.3 is 6.15 Å². The van der Waals surface area contributed by atoms with Gasteiger partial charge in [0.1, 0.15) is 5.03 Å². The average Bonchev–Trinajstić information content (AvgIpc) is 2.03. The first-order valence-electron chi connectivity index (χ1n) is 3.14. The minimum absolute atomic E-state index is 0. The summed E-state index contributed by atoms with van der Waals surface area (Å²) in [6, 6.07) is 5.96. The van der Waals surface area contributed by atoms with E-state index in [0.29, 0.717) is 0 Å². The van der Waals surface area contributed by atoms with Crippen LogP contribution in [0.25, 0.3) is 0 Å². The summed E-state index contributed by atoms with van der Waals surface area (Å²) in [4.78, 5) is 4.16. The van der Waals surface area contributed by atoms with Crippen molar-refractivity contribution in [1.29, 1.82) is 0 Å².